The van der Waals surface area contributed by atoms with Crippen molar-refractivity contribution < 1.29 is 0 Å². The minimum Gasteiger partial charge on any atom is -0.311 e. The first kappa shape index (κ1) is 27.3. The van der Waals surface area contributed by atoms with Crippen LogP contribution < -0.4 is 4.90 Å². The zero-order valence-corrected chi connectivity index (χ0v) is 24.3. The molecule has 0 amide bonds. The van der Waals surface area contributed by atoms with E-state index in [1.54, 1.807) is 0 Å². The van der Waals surface area contributed by atoms with Crippen LogP contribution in [-0.4, -0.2) is 0 Å². The minimum atomic E-state index is 0.981. The number of anilines is 3. The molecular formula is C41H37N. The number of nitrogens with zero attached hydrogens (tertiary/aromatic N) is 1. The van der Waals surface area contributed by atoms with Gasteiger partial charge in [-0.2, -0.15) is 0 Å². The number of hydrogen-bond donors (Lipinski definition) is 0. The Labute approximate surface area is 250 Å². The molecule has 42 heavy (non-hydrogen) atoms. The predicted octanol–water partition coefficient (Wildman–Crippen LogP) is 11.0. The lowest BCUT2D eigenvalue weighted by Crippen LogP contribution is -2.09. The van der Waals surface area contributed by atoms with Crippen molar-refractivity contribution in [3.63, 3.8) is 0 Å². The fourth-order valence-electron chi connectivity index (χ4n) is 5.59. The van der Waals surface area contributed by atoms with Crippen molar-refractivity contribution in [1.82, 2.24) is 0 Å². The summed E-state index contributed by atoms with van der Waals surface area (Å²) in [6.45, 7) is 2.23. The van der Waals surface area contributed by atoms with Gasteiger partial charge in [0.05, 0.1) is 0 Å². The zero-order valence-electron chi connectivity index (χ0n) is 24.3. The highest BCUT2D eigenvalue weighted by Crippen LogP contribution is 2.35. The summed E-state index contributed by atoms with van der Waals surface area (Å²) in [6.07, 6.45) is 15.5. The molecule has 0 saturated carbocycles. The molecule has 0 fully saturated rings. The van der Waals surface area contributed by atoms with Crippen LogP contribution in [0.2, 0.25) is 0 Å². The average molecular weight is 544 g/mol. The summed E-state index contributed by atoms with van der Waals surface area (Å²) in [5.74, 6) is 0. The van der Waals surface area contributed by atoms with Gasteiger partial charge in [0.15, 0.2) is 0 Å². The molecular weight excluding hydrogens is 506 g/mol. The monoisotopic (exact) mass is 543 g/mol. The molecule has 0 saturated heterocycles. The van der Waals surface area contributed by atoms with Gasteiger partial charge in [-0.15, -0.1) is 0 Å². The predicted molar refractivity (Wildman–Crippen MR) is 181 cm³/mol. The van der Waals surface area contributed by atoms with E-state index in [0.717, 1.165) is 37.1 Å². The second kappa shape index (κ2) is 13.2. The zero-order chi connectivity index (χ0) is 28.6. The molecule has 0 heterocycles. The number of rotatable bonds is 9. The van der Waals surface area contributed by atoms with Gasteiger partial charge in [-0.1, -0.05) is 135 Å². The molecule has 5 aromatic rings. The Hall–Kier alpha value is -4.88. The minimum absolute atomic E-state index is 0.981. The van der Waals surface area contributed by atoms with Crippen LogP contribution in [0.5, 0.6) is 0 Å². The van der Waals surface area contributed by atoms with Gasteiger partial charge in [0, 0.05) is 17.1 Å². The fraction of sp³-hybridized carbons (Fsp3) is 0.122. The van der Waals surface area contributed by atoms with Crippen LogP contribution in [0.3, 0.4) is 0 Å². The van der Waals surface area contributed by atoms with Crippen molar-refractivity contribution in [2.45, 2.75) is 32.6 Å². The van der Waals surface area contributed by atoms with E-state index >= 15 is 0 Å². The summed E-state index contributed by atoms with van der Waals surface area (Å²) in [7, 11) is 0. The van der Waals surface area contributed by atoms with E-state index in [4.69, 9.17) is 0 Å². The van der Waals surface area contributed by atoms with Crippen LogP contribution in [0.15, 0.2) is 145 Å². The van der Waals surface area contributed by atoms with Crippen molar-refractivity contribution in [3.8, 4) is 0 Å². The molecule has 1 aliphatic rings. The van der Waals surface area contributed by atoms with Crippen molar-refractivity contribution in [1.29, 1.82) is 0 Å². The Bertz CT molecular complexity index is 1690. The highest BCUT2D eigenvalue weighted by atomic mass is 15.1. The van der Waals surface area contributed by atoms with Crippen LogP contribution in [0.1, 0.15) is 46.7 Å². The molecule has 1 nitrogen and oxygen atoms in total. The summed E-state index contributed by atoms with van der Waals surface area (Å²) in [5, 5.41) is 0. The van der Waals surface area contributed by atoms with Gasteiger partial charge < -0.3 is 4.90 Å². The van der Waals surface area contributed by atoms with E-state index in [1.165, 1.54) is 44.6 Å². The van der Waals surface area contributed by atoms with E-state index in [0.29, 0.717) is 0 Å². The number of aryl methyl sites for hydroxylation is 1. The summed E-state index contributed by atoms with van der Waals surface area (Å²) in [4.78, 5) is 2.32. The van der Waals surface area contributed by atoms with Gasteiger partial charge in [0.2, 0.25) is 0 Å². The summed E-state index contributed by atoms with van der Waals surface area (Å²) in [6, 6.07) is 45.8. The van der Waals surface area contributed by atoms with Gasteiger partial charge >= 0.3 is 0 Å². The summed E-state index contributed by atoms with van der Waals surface area (Å²) < 4.78 is 0. The lowest BCUT2D eigenvalue weighted by molar-refractivity contribution is 0.922. The van der Waals surface area contributed by atoms with Gasteiger partial charge in [-0.3, -0.25) is 0 Å². The van der Waals surface area contributed by atoms with Crippen LogP contribution in [0.4, 0.5) is 17.1 Å². The van der Waals surface area contributed by atoms with E-state index in [2.05, 4.69) is 170 Å². The Kier molecular flexibility index (Phi) is 8.57. The number of fused-ring (bicyclic) bond motifs is 1. The highest BCUT2D eigenvalue weighted by Gasteiger charge is 2.12. The van der Waals surface area contributed by atoms with Crippen molar-refractivity contribution in [2.24, 2.45) is 0 Å². The maximum Gasteiger partial charge on any atom is 0.0462 e. The highest BCUT2D eigenvalue weighted by molar-refractivity contribution is 5.78. The molecule has 1 aliphatic carbocycles. The Balaban J connectivity index is 1.16. The molecule has 0 atom stereocenters. The van der Waals surface area contributed by atoms with Gasteiger partial charge in [0.1, 0.15) is 0 Å². The third kappa shape index (κ3) is 6.70. The number of para-hydroxylation sites is 1. The quantitative estimate of drug-likeness (QED) is 0.167. The average Bonchev–Trinajstić information content (AvgIpc) is 3.05. The molecule has 6 rings (SSSR count). The van der Waals surface area contributed by atoms with E-state index < -0.39 is 0 Å². The first-order chi connectivity index (χ1) is 20.7. The standard InChI is InChI=1S/C41H37N/c1-2-9-32-20-26-40(27-21-32)42(39-12-7-4-8-13-39)41-28-22-34(23-29-41)15-17-36-19-25-37-30-35(18-24-38(37)31-36)16-14-33-10-5-3-6-11-33/h3-8,10-23,25-29,31H,2,9,24,30H2,1H3/b16-14+,17-15+. The van der Waals surface area contributed by atoms with Crippen molar-refractivity contribution in [3.05, 3.63) is 178 Å². The van der Waals surface area contributed by atoms with E-state index in [9.17, 15) is 0 Å². The third-order valence-electron chi connectivity index (χ3n) is 7.87. The molecule has 206 valence electrons. The van der Waals surface area contributed by atoms with Crippen molar-refractivity contribution >= 4 is 35.3 Å². The molecule has 1 heteroatoms. The summed E-state index contributed by atoms with van der Waals surface area (Å²) >= 11 is 0. The molecule has 0 bridgehead atoms. The van der Waals surface area contributed by atoms with Crippen molar-refractivity contribution in [2.75, 3.05) is 4.90 Å². The Morgan fingerprint density at radius 3 is 1.83 bits per heavy atom. The number of allylic oxidation sites excluding steroid dienone is 3. The molecule has 0 aliphatic heterocycles. The molecule has 0 N–H and O–H groups in total. The smallest absolute Gasteiger partial charge is 0.0462 e. The van der Waals surface area contributed by atoms with Crippen LogP contribution in [0, 0.1) is 0 Å². The van der Waals surface area contributed by atoms with Crippen LogP contribution in [0.25, 0.3) is 18.2 Å². The summed E-state index contributed by atoms with van der Waals surface area (Å²) in [5.41, 5.74) is 12.8. The lowest BCUT2D eigenvalue weighted by atomic mass is 9.89. The molecule has 0 aromatic heterocycles. The molecule has 0 spiro atoms. The van der Waals surface area contributed by atoms with E-state index in [-0.39, 0.29) is 0 Å². The normalized spacial score (nSPS) is 12.8. The maximum absolute atomic E-state index is 2.36. The van der Waals surface area contributed by atoms with Crippen LogP contribution >= 0.6 is 0 Å². The first-order valence-corrected chi connectivity index (χ1v) is 15.0. The first-order valence-electron chi connectivity index (χ1n) is 15.0. The topological polar surface area (TPSA) is 3.24 Å². The van der Waals surface area contributed by atoms with E-state index in [1.807, 2.05) is 0 Å². The fourth-order valence-corrected chi connectivity index (χ4v) is 5.59. The lowest BCUT2D eigenvalue weighted by Gasteiger charge is -2.25. The van der Waals surface area contributed by atoms with Gasteiger partial charge in [0.25, 0.3) is 0 Å². The second-order valence-corrected chi connectivity index (χ2v) is 10.9. The molecule has 0 unspecified atom stereocenters. The Morgan fingerprint density at radius 1 is 0.548 bits per heavy atom. The number of hydrogen-bond acceptors (Lipinski definition) is 1. The SMILES string of the molecule is CCCc1ccc(N(c2ccccc2)c2ccc(/C=C/c3ccc4c(c3)CC=C(/C=C/c3ccccc3)C4)cc2)cc1. The second-order valence-electron chi connectivity index (χ2n) is 10.9. The maximum atomic E-state index is 2.36. The Morgan fingerprint density at radius 2 is 1.12 bits per heavy atom. The van der Waals surface area contributed by atoms with Gasteiger partial charge in [-0.05, 0) is 94.6 Å². The van der Waals surface area contributed by atoms with Crippen LogP contribution in [-0.2, 0) is 19.3 Å². The molecule has 0 radical (unpaired) electrons. The molecule has 5 aromatic carbocycles. The van der Waals surface area contributed by atoms with Gasteiger partial charge in [-0.25, -0.2) is 0 Å². The number of benzene rings is 5. The largest absolute Gasteiger partial charge is 0.311 e. The third-order valence-corrected chi connectivity index (χ3v) is 7.87.